The van der Waals surface area contributed by atoms with Crippen LogP contribution in [0.4, 0.5) is 0 Å². The Morgan fingerprint density at radius 3 is 2.25 bits per heavy atom. The van der Waals surface area contributed by atoms with Gasteiger partial charge in [-0.05, 0) is 34.6 Å². The number of hydrogen-bond acceptors (Lipinski definition) is 3. The minimum atomic E-state index is -0.393. The highest BCUT2D eigenvalue weighted by atomic mass is 127. The first-order valence-electron chi connectivity index (χ1n) is 5.32. The average molecular weight is 357 g/mol. The third kappa shape index (κ3) is 14.5. The number of rotatable bonds is 5. The zero-order chi connectivity index (χ0) is 13.1. The normalized spacial score (nSPS) is 13.4. The maximum Gasteiger partial charge on any atom is 0.0886 e. The van der Waals surface area contributed by atoms with Crippen LogP contribution in [-0.2, 0) is 0 Å². The minimum absolute atomic E-state index is 0.393. The van der Waals surface area contributed by atoms with Crippen molar-refractivity contribution in [3.05, 3.63) is 24.3 Å². The maximum atomic E-state index is 9.58. The van der Waals surface area contributed by atoms with E-state index < -0.39 is 6.10 Å². The Hall–Kier alpha value is 0.480. The van der Waals surface area contributed by atoms with Crippen molar-refractivity contribution in [3.63, 3.8) is 0 Å². The molecule has 0 saturated carbocycles. The summed E-state index contributed by atoms with van der Waals surface area (Å²) in [5, 5.41) is 9.58. The van der Waals surface area contributed by atoms with Gasteiger partial charge in [0.05, 0.1) is 6.10 Å². The van der Waals surface area contributed by atoms with E-state index in [2.05, 4.69) is 48.6 Å². The van der Waals surface area contributed by atoms with E-state index in [1.807, 2.05) is 24.4 Å². The number of likely N-dealkylation sites (N-methyl/N-ethyl adjacent to an activating group) is 1. The van der Waals surface area contributed by atoms with Crippen LogP contribution < -0.4 is 0 Å². The molecule has 1 unspecified atom stereocenters. The fourth-order valence-corrected chi connectivity index (χ4v) is 1.39. The van der Waals surface area contributed by atoms with Crippen molar-refractivity contribution >= 4 is 30.3 Å². The summed E-state index contributed by atoms with van der Waals surface area (Å²) in [4.78, 5) is 0. The van der Waals surface area contributed by atoms with Gasteiger partial charge in [0.25, 0.3) is 0 Å². The molecule has 0 radical (unpaired) electrons. The zero-order valence-electron chi connectivity index (χ0n) is 10.9. The largest absolute Gasteiger partial charge is 0.387 e. The Morgan fingerprint density at radius 1 is 1.50 bits per heavy atom. The summed E-state index contributed by atoms with van der Waals surface area (Å²) in [6.07, 6.45) is 3.13. The first-order valence-corrected chi connectivity index (χ1v) is 8.63. The molecule has 0 aliphatic rings. The van der Waals surface area contributed by atoms with Crippen LogP contribution in [0.1, 0.15) is 27.7 Å². The van der Waals surface area contributed by atoms with Gasteiger partial charge in [0.1, 0.15) is 0 Å². The van der Waals surface area contributed by atoms with Gasteiger partial charge < -0.3 is 5.11 Å². The number of halogens is 1. The van der Waals surface area contributed by atoms with Gasteiger partial charge in [-0.3, -0.25) is 0 Å². The first-order chi connectivity index (χ1) is 7.34. The smallest absolute Gasteiger partial charge is 0.0886 e. The molecule has 96 valence electrons. The Balaban J connectivity index is 0. The molecule has 0 aliphatic carbocycles. The van der Waals surface area contributed by atoms with Crippen molar-refractivity contribution < 1.29 is 5.11 Å². The first kappa shape index (κ1) is 18.8. The summed E-state index contributed by atoms with van der Waals surface area (Å²) in [6.45, 7) is 12.6. The van der Waals surface area contributed by atoms with Crippen LogP contribution in [-0.4, -0.2) is 29.1 Å². The topological polar surface area (TPSA) is 23.5 Å². The average Bonchev–Trinajstić information content (AvgIpc) is 2.17. The molecule has 0 saturated heterocycles. The molecule has 1 atom stereocenters. The van der Waals surface area contributed by atoms with Crippen LogP contribution in [0.2, 0.25) is 0 Å². The molecule has 16 heavy (non-hydrogen) atoms. The number of aliphatic hydroxyl groups is 1. The van der Waals surface area contributed by atoms with Gasteiger partial charge in [0.2, 0.25) is 0 Å². The highest BCUT2D eigenvalue weighted by Gasteiger charge is 2.08. The van der Waals surface area contributed by atoms with Crippen LogP contribution in [0.3, 0.4) is 0 Å². The summed E-state index contributed by atoms with van der Waals surface area (Å²) in [5.74, 6) is 0.833. The fraction of sp³-hybridized carbons (Fsp3) is 0.667. The van der Waals surface area contributed by atoms with Crippen molar-refractivity contribution in [2.45, 2.75) is 33.8 Å². The summed E-state index contributed by atoms with van der Waals surface area (Å²) < 4.78 is 1.98. The van der Waals surface area contributed by atoms with Crippen LogP contribution in [0.5, 0.6) is 0 Å². The molecular weight excluding hydrogens is 333 g/mol. The maximum absolute atomic E-state index is 9.58. The van der Waals surface area contributed by atoms with Crippen molar-refractivity contribution in [3.8, 4) is 0 Å². The molecule has 0 heterocycles. The molecule has 0 spiro atoms. The molecule has 0 aromatic heterocycles. The van der Waals surface area contributed by atoms with E-state index in [4.69, 9.17) is 0 Å². The second-order valence-electron chi connectivity index (χ2n) is 4.27. The number of hydrogen-bond donors (Lipinski definition) is 1. The zero-order valence-corrected chi connectivity index (χ0v) is 13.9. The van der Waals surface area contributed by atoms with Gasteiger partial charge in [-0.1, -0.05) is 39.5 Å². The molecule has 4 heteroatoms. The summed E-state index contributed by atoms with van der Waals surface area (Å²) in [7, 11) is 3.52. The van der Waals surface area contributed by atoms with Gasteiger partial charge in [-0.25, -0.2) is 4.31 Å². The van der Waals surface area contributed by atoms with Crippen LogP contribution in [0.25, 0.3) is 0 Å². The van der Waals surface area contributed by atoms with Gasteiger partial charge in [0, 0.05) is 27.8 Å². The van der Waals surface area contributed by atoms with Crippen molar-refractivity contribution in [1.82, 2.24) is 4.31 Å². The third-order valence-corrected chi connectivity index (χ3v) is 3.86. The van der Waals surface area contributed by atoms with Crippen molar-refractivity contribution in [2.24, 2.45) is 5.92 Å². The highest BCUT2D eigenvalue weighted by molar-refractivity contribution is 14.2. The lowest BCUT2D eigenvalue weighted by Gasteiger charge is -2.16. The van der Waals surface area contributed by atoms with Crippen LogP contribution in [0, 0.1) is 5.92 Å². The molecule has 0 bridgehead atoms. The van der Waals surface area contributed by atoms with Crippen molar-refractivity contribution in [2.75, 3.05) is 13.6 Å². The second kappa shape index (κ2) is 12.0. The Bertz CT molecular complexity index is 204. The number of allylic oxidation sites excluding steroid dienone is 2. The molecule has 0 fully saturated rings. The second-order valence-corrected chi connectivity index (χ2v) is 6.22. The third-order valence-electron chi connectivity index (χ3n) is 1.45. The molecule has 0 aromatic rings. The summed E-state index contributed by atoms with van der Waals surface area (Å²) >= 11 is 2.18. The molecule has 1 N–H and O–H groups in total. The van der Waals surface area contributed by atoms with Gasteiger partial charge in [0.15, 0.2) is 0 Å². The van der Waals surface area contributed by atoms with E-state index in [0.717, 1.165) is 11.5 Å². The Labute approximate surface area is 117 Å². The van der Waals surface area contributed by atoms with Gasteiger partial charge in [-0.2, -0.15) is 0 Å². The highest BCUT2D eigenvalue weighted by Crippen LogP contribution is 2.17. The van der Waals surface area contributed by atoms with E-state index in [-0.39, 0.29) is 0 Å². The van der Waals surface area contributed by atoms with Crippen LogP contribution >= 0.6 is 30.3 Å². The monoisotopic (exact) mass is 357 g/mol. The molecule has 0 aromatic carbocycles. The van der Waals surface area contributed by atoms with Crippen molar-refractivity contribution in [1.29, 1.82) is 0 Å². The van der Waals surface area contributed by atoms with E-state index in [9.17, 15) is 5.11 Å². The predicted molar refractivity (Wildman–Crippen MR) is 84.7 cm³/mol. The number of nitrogens with zero attached hydrogens (tertiary/aromatic N) is 1. The van der Waals surface area contributed by atoms with E-state index in [1.165, 1.54) is 0 Å². The Kier molecular flexibility index (Phi) is 14.1. The summed E-state index contributed by atoms with van der Waals surface area (Å²) in [6, 6.07) is 0. The standard InChI is InChI=1S/C8H14INOS.C4H10/c1-4-5-7(2)8(11)6-10(3)12-9;1-4(2)3/h4-5,8,11H,1,6H2,2-3H3;4H,1-3H3/b7-5+;. The summed E-state index contributed by atoms with van der Waals surface area (Å²) in [5.41, 5.74) is 0.947. The Morgan fingerprint density at radius 2 is 1.94 bits per heavy atom. The quantitative estimate of drug-likeness (QED) is 0.456. The molecule has 2 nitrogen and oxygen atoms in total. The predicted octanol–water partition coefficient (Wildman–Crippen LogP) is 4.07. The lowest BCUT2D eigenvalue weighted by molar-refractivity contribution is 0.190. The van der Waals surface area contributed by atoms with E-state index in [1.54, 1.807) is 15.2 Å². The van der Waals surface area contributed by atoms with Crippen LogP contribution in [0.15, 0.2) is 24.3 Å². The molecular formula is C12H24INOS. The van der Waals surface area contributed by atoms with Gasteiger partial charge >= 0.3 is 0 Å². The molecule has 0 aliphatic heterocycles. The lowest BCUT2D eigenvalue weighted by atomic mass is 10.1. The SMILES string of the molecule is C=C/C=C(\C)C(O)CN(C)SI.CC(C)C. The molecule has 0 rings (SSSR count). The fourth-order valence-electron chi connectivity index (χ4n) is 0.713. The van der Waals surface area contributed by atoms with E-state index >= 15 is 0 Å². The number of aliphatic hydroxyl groups excluding tert-OH is 1. The van der Waals surface area contributed by atoms with Gasteiger partial charge in [-0.15, -0.1) is 0 Å². The minimum Gasteiger partial charge on any atom is -0.387 e. The molecule has 0 amide bonds. The lowest BCUT2D eigenvalue weighted by Crippen LogP contribution is -2.24. The van der Waals surface area contributed by atoms with E-state index in [0.29, 0.717) is 6.54 Å².